The zero-order chi connectivity index (χ0) is 14.3. The molecule has 1 aromatic heterocycles. The van der Waals surface area contributed by atoms with Crippen LogP contribution in [0.25, 0.3) is 0 Å². The highest BCUT2D eigenvalue weighted by atomic mass is 32.1. The number of nitrogens with one attached hydrogen (secondary N) is 2. The lowest BCUT2D eigenvalue weighted by Crippen LogP contribution is -2.37. The number of nitrogens with two attached hydrogens (primary N) is 1. The number of carbonyl (C=O) groups is 1. The van der Waals surface area contributed by atoms with Crippen molar-refractivity contribution in [2.75, 3.05) is 11.9 Å². The quantitative estimate of drug-likeness (QED) is 0.742. The Balaban J connectivity index is 1.83. The minimum Gasteiger partial charge on any atom is -0.376 e. The van der Waals surface area contributed by atoms with Crippen LogP contribution in [0.3, 0.4) is 0 Å². The first kappa shape index (κ1) is 13.8. The second-order valence-corrected chi connectivity index (χ2v) is 7.03. The van der Waals surface area contributed by atoms with E-state index in [1.54, 1.807) is 0 Å². The van der Waals surface area contributed by atoms with Crippen LogP contribution in [0.5, 0.6) is 0 Å². The van der Waals surface area contributed by atoms with Gasteiger partial charge in [-0.05, 0) is 44.0 Å². The van der Waals surface area contributed by atoms with Crippen LogP contribution in [0.4, 0.5) is 5.00 Å². The van der Waals surface area contributed by atoms with E-state index in [0.717, 1.165) is 34.7 Å². The summed E-state index contributed by atoms with van der Waals surface area (Å²) in [5, 5.41) is 7.68. The maximum absolute atomic E-state index is 11.7. The van der Waals surface area contributed by atoms with Crippen LogP contribution in [-0.4, -0.2) is 23.2 Å². The number of thiophene rings is 1. The molecule has 0 spiro atoms. The normalized spacial score (nSPS) is 19.1. The lowest BCUT2D eigenvalue weighted by atomic mass is 10.1. The monoisotopic (exact) mass is 311 g/mol. The second-order valence-electron chi connectivity index (χ2n) is 5.51. The molecule has 7 heteroatoms. The molecular formula is C13H17N3O2S2. The molecule has 1 aliphatic carbocycles. The van der Waals surface area contributed by atoms with E-state index in [4.69, 9.17) is 22.7 Å². The Kier molecular flexibility index (Phi) is 3.43. The van der Waals surface area contributed by atoms with Gasteiger partial charge in [0.2, 0.25) is 0 Å². The molecule has 2 aliphatic rings. The van der Waals surface area contributed by atoms with Crippen LogP contribution in [0.1, 0.15) is 40.6 Å². The van der Waals surface area contributed by atoms with Crippen molar-refractivity contribution in [3.05, 3.63) is 16.0 Å². The van der Waals surface area contributed by atoms with Crippen LogP contribution in [0.2, 0.25) is 0 Å². The van der Waals surface area contributed by atoms with Gasteiger partial charge in [0.05, 0.1) is 18.8 Å². The molecule has 0 aromatic carbocycles. The Labute approximate surface area is 126 Å². The minimum absolute atomic E-state index is 0.108. The lowest BCUT2D eigenvalue weighted by molar-refractivity contribution is 0.0991. The van der Waals surface area contributed by atoms with Crippen molar-refractivity contribution in [1.29, 1.82) is 0 Å². The number of rotatable bonds is 3. The van der Waals surface area contributed by atoms with Gasteiger partial charge in [-0.2, -0.15) is 0 Å². The van der Waals surface area contributed by atoms with E-state index >= 15 is 0 Å². The van der Waals surface area contributed by atoms with Crippen LogP contribution < -0.4 is 16.4 Å². The molecule has 0 unspecified atom stereocenters. The van der Waals surface area contributed by atoms with Gasteiger partial charge in [-0.15, -0.1) is 11.3 Å². The minimum atomic E-state index is -0.410. The van der Waals surface area contributed by atoms with E-state index < -0.39 is 5.91 Å². The standard InChI is InChI=1S/C13H17N3O2S2/c1-13(3-4-13)16-12(19)15-11-9(10(14)17)7-2-5-18-6-8(7)20-11/h2-6H2,1H3,(H2,14,17)(H2,15,16,19). The molecule has 1 fully saturated rings. The summed E-state index contributed by atoms with van der Waals surface area (Å²) in [7, 11) is 0. The highest BCUT2D eigenvalue weighted by Gasteiger charge is 2.38. The molecule has 1 saturated carbocycles. The Morgan fingerprint density at radius 2 is 2.25 bits per heavy atom. The Morgan fingerprint density at radius 3 is 2.90 bits per heavy atom. The number of carbonyl (C=O) groups excluding carboxylic acids is 1. The van der Waals surface area contributed by atoms with Crippen molar-refractivity contribution >= 4 is 39.6 Å². The van der Waals surface area contributed by atoms with Crippen molar-refractivity contribution < 1.29 is 9.53 Å². The number of ether oxygens (including phenoxy) is 1. The van der Waals surface area contributed by atoms with Gasteiger partial charge < -0.3 is 21.1 Å². The summed E-state index contributed by atoms with van der Waals surface area (Å²) < 4.78 is 5.42. The molecule has 108 valence electrons. The molecule has 0 bridgehead atoms. The van der Waals surface area contributed by atoms with Crippen molar-refractivity contribution in [1.82, 2.24) is 5.32 Å². The number of hydrogen-bond donors (Lipinski definition) is 3. The summed E-state index contributed by atoms with van der Waals surface area (Å²) in [6, 6.07) is 0. The summed E-state index contributed by atoms with van der Waals surface area (Å²) in [4.78, 5) is 12.8. The average molecular weight is 311 g/mol. The number of amides is 1. The van der Waals surface area contributed by atoms with Gasteiger partial charge in [0.1, 0.15) is 5.00 Å². The van der Waals surface area contributed by atoms with Crippen LogP contribution in [0, 0.1) is 0 Å². The van der Waals surface area contributed by atoms with E-state index in [-0.39, 0.29) is 5.54 Å². The van der Waals surface area contributed by atoms with Crippen molar-refractivity contribution in [3.8, 4) is 0 Å². The van der Waals surface area contributed by atoms with Gasteiger partial charge >= 0.3 is 0 Å². The Bertz CT molecular complexity index is 578. The number of fused-ring (bicyclic) bond motifs is 1. The largest absolute Gasteiger partial charge is 0.376 e. The first-order valence-electron chi connectivity index (χ1n) is 6.60. The maximum atomic E-state index is 11.7. The lowest BCUT2D eigenvalue weighted by Gasteiger charge is -2.15. The molecule has 3 rings (SSSR count). The fourth-order valence-electron chi connectivity index (χ4n) is 2.30. The smallest absolute Gasteiger partial charge is 0.251 e. The molecule has 0 atom stereocenters. The van der Waals surface area contributed by atoms with E-state index in [1.165, 1.54) is 11.3 Å². The van der Waals surface area contributed by atoms with Gasteiger partial charge in [-0.25, -0.2) is 0 Å². The molecule has 0 saturated heterocycles. The predicted octanol–water partition coefficient (Wildman–Crippen LogP) is 1.76. The van der Waals surface area contributed by atoms with Crippen LogP contribution in [-0.2, 0) is 17.8 Å². The molecule has 2 heterocycles. The number of thiocarbonyl (C=S) groups is 1. The van der Waals surface area contributed by atoms with Gasteiger partial charge in [-0.3, -0.25) is 4.79 Å². The zero-order valence-electron chi connectivity index (χ0n) is 11.2. The maximum Gasteiger partial charge on any atom is 0.251 e. The Hall–Kier alpha value is -1.18. The van der Waals surface area contributed by atoms with Crippen molar-refractivity contribution in [2.45, 2.75) is 38.3 Å². The third-order valence-corrected chi connectivity index (χ3v) is 5.03. The number of hydrogen-bond acceptors (Lipinski definition) is 4. The second kappa shape index (κ2) is 4.98. The SMILES string of the molecule is CC1(NC(=S)Nc2sc3c(c2C(N)=O)CCOC3)CC1. The number of anilines is 1. The van der Waals surface area contributed by atoms with E-state index in [2.05, 4.69) is 17.6 Å². The summed E-state index contributed by atoms with van der Waals surface area (Å²) in [5.41, 5.74) is 7.21. The average Bonchev–Trinajstić information content (AvgIpc) is 2.98. The predicted molar refractivity (Wildman–Crippen MR) is 83.2 cm³/mol. The first-order valence-corrected chi connectivity index (χ1v) is 7.82. The summed E-state index contributed by atoms with van der Waals surface area (Å²) in [6.45, 7) is 3.30. The zero-order valence-corrected chi connectivity index (χ0v) is 12.9. The van der Waals surface area contributed by atoms with E-state index in [0.29, 0.717) is 23.9 Å². The summed E-state index contributed by atoms with van der Waals surface area (Å²) in [6.07, 6.45) is 2.96. The van der Waals surface area contributed by atoms with Gasteiger partial charge in [-0.1, -0.05) is 0 Å². The van der Waals surface area contributed by atoms with E-state index in [1.807, 2.05) is 0 Å². The number of primary amides is 1. The molecule has 1 aliphatic heterocycles. The highest BCUT2D eigenvalue weighted by Crippen LogP contribution is 2.37. The van der Waals surface area contributed by atoms with Crippen molar-refractivity contribution in [3.63, 3.8) is 0 Å². The summed E-state index contributed by atoms with van der Waals surface area (Å²) >= 11 is 6.81. The highest BCUT2D eigenvalue weighted by molar-refractivity contribution is 7.80. The summed E-state index contributed by atoms with van der Waals surface area (Å²) in [5.74, 6) is -0.410. The Morgan fingerprint density at radius 1 is 1.50 bits per heavy atom. The molecule has 5 nitrogen and oxygen atoms in total. The first-order chi connectivity index (χ1) is 9.48. The molecule has 20 heavy (non-hydrogen) atoms. The molecule has 4 N–H and O–H groups in total. The van der Waals surface area contributed by atoms with Crippen LogP contribution >= 0.6 is 23.6 Å². The fourth-order valence-corrected chi connectivity index (χ4v) is 3.91. The molecule has 0 radical (unpaired) electrons. The van der Waals surface area contributed by atoms with E-state index in [9.17, 15) is 4.79 Å². The molecule has 1 amide bonds. The van der Waals surface area contributed by atoms with Gasteiger partial charge in [0, 0.05) is 10.4 Å². The fraction of sp³-hybridized carbons (Fsp3) is 0.538. The van der Waals surface area contributed by atoms with Gasteiger partial charge in [0.25, 0.3) is 5.91 Å². The van der Waals surface area contributed by atoms with Crippen molar-refractivity contribution in [2.24, 2.45) is 5.73 Å². The third kappa shape index (κ3) is 2.65. The van der Waals surface area contributed by atoms with Gasteiger partial charge in [0.15, 0.2) is 5.11 Å². The van der Waals surface area contributed by atoms with Crippen LogP contribution in [0.15, 0.2) is 0 Å². The molecule has 1 aromatic rings. The third-order valence-electron chi connectivity index (χ3n) is 3.71. The topological polar surface area (TPSA) is 76.4 Å². The molecular weight excluding hydrogens is 294 g/mol.